The zero-order valence-electron chi connectivity index (χ0n) is 23.8. The monoisotopic (exact) mass is 554 g/mol. The molecule has 3 aliphatic heterocycles. The topological polar surface area (TPSA) is 60.4 Å². The van der Waals surface area contributed by atoms with Gasteiger partial charge in [0.1, 0.15) is 11.1 Å². The second kappa shape index (κ2) is 8.03. The van der Waals surface area contributed by atoms with E-state index in [1.54, 1.807) is 14.2 Å². The molecule has 1 amide bonds. The van der Waals surface area contributed by atoms with Crippen molar-refractivity contribution in [1.29, 1.82) is 0 Å². The van der Waals surface area contributed by atoms with Gasteiger partial charge in [-0.2, -0.15) is 0 Å². The molecule has 6 aliphatic rings. The molecule has 42 heavy (non-hydrogen) atoms. The Morgan fingerprint density at radius 1 is 0.810 bits per heavy atom. The van der Waals surface area contributed by atoms with Crippen LogP contribution < -0.4 is 9.47 Å². The molecule has 6 heteroatoms. The minimum absolute atomic E-state index is 0.0257. The molecule has 4 aromatic carbocycles. The summed E-state index contributed by atoms with van der Waals surface area (Å²) in [6.45, 7) is 2.69. The molecule has 0 radical (unpaired) electrons. The van der Waals surface area contributed by atoms with Crippen molar-refractivity contribution in [2.24, 2.45) is 10.6 Å². The number of fused-ring (bicyclic) bond motifs is 3. The molecule has 2 bridgehead atoms. The summed E-state index contributed by atoms with van der Waals surface area (Å²) in [5, 5.41) is 4.96. The first kappa shape index (κ1) is 24.1. The lowest BCUT2D eigenvalue weighted by atomic mass is 9.42. The van der Waals surface area contributed by atoms with Crippen LogP contribution in [-0.4, -0.2) is 42.9 Å². The summed E-state index contributed by atoms with van der Waals surface area (Å²) >= 11 is 0. The Labute approximate surface area is 244 Å². The van der Waals surface area contributed by atoms with Crippen molar-refractivity contribution in [3.8, 4) is 11.5 Å². The molecular formula is C36H30N2O4. The molecule has 1 fully saturated rings. The van der Waals surface area contributed by atoms with Crippen LogP contribution in [0.1, 0.15) is 62.4 Å². The Bertz CT molecular complexity index is 1820. The molecule has 0 N–H and O–H groups in total. The summed E-state index contributed by atoms with van der Waals surface area (Å²) in [7, 11) is 3.34. The Morgan fingerprint density at radius 3 is 2.02 bits per heavy atom. The lowest BCUT2D eigenvalue weighted by Gasteiger charge is -2.57. The standard InChI is InChI=1S/C36H30N2O4/c1-20-12-14-21(15-13-20)32-35-30-23-8-4-6-10-25(23)31(26-11-7-5-9-24(26)30)36(35,42-37-32)34(39)38-17-16-22-18-28(40-2)29(41-3)19-27(22)33(35)38/h4-15,18-19,30-31,33H,16-17H2,1-3H3/t30?,31?,33-,35?,36?/m1/s1. The zero-order chi connectivity index (χ0) is 28.4. The van der Waals surface area contributed by atoms with Crippen molar-refractivity contribution >= 4 is 11.6 Å². The highest BCUT2D eigenvalue weighted by Crippen LogP contribution is 2.77. The summed E-state index contributed by atoms with van der Waals surface area (Å²) in [6, 6.07) is 29.6. The first-order chi connectivity index (χ1) is 20.6. The van der Waals surface area contributed by atoms with Crippen LogP contribution in [0, 0.1) is 12.3 Å². The SMILES string of the molecule is COc1cc2c(cc1OC)[C@H]1N(CC2)C(=O)C23ON=C(c4ccc(C)cc4)C12C1c2ccccc2C3c2ccccc21. The Balaban J connectivity index is 1.43. The molecule has 2 unspecified atom stereocenters. The van der Waals surface area contributed by atoms with Gasteiger partial charge in [-0.1, -0.05) is 83.5 Å². The van der Waals surface area contributed by atoms with E-state index in [2.05, 4.69) is 96.8 Å². The maximum atomic E-state index is 15.2. The highest BCUT2D eigenvalue weighted by Gasteiger charge is 2.85. The van der Waals surface area contributed by atoms with Crippen molar-refractivity contribution in [2.75, 3.05) is 20.8 Å². The third-order valence-electron chi connectivity index (χ3n) is 10.6. The summed E-state index contributed by atoms with van der Waals surface area (Å²) in [6.07, 6.45) is 0.732. The van der Waals surface area contributed by atoms with Gasteiger partial charge >= 0.3 is 0 Å². The van der Waals surface area contributed by atoms with Crippen molar-refractivity contribution in [3.05, 3.63) is 129 Å². The number of hydrogen-bond acceptors (Lipinski definition) is 5. The Kier molecular flexibility index (Phi) is 4.60. The maximum Gasteiger partial charge on any atom is 0.272 e. The molecular weight excluding hydrogens is 524 g/mol. The van der Waals surface area contributed by atoms with Gasteiger partial charge in [-0.05, 0) is 58.9 Å². The van der Waals surface area contributed by atoms with E-state index in [0.29, 0.717) is 18.0 Å². The van der Waals surface area contributed by atoms with E-state index < -0.39 is 11.0 Å². The minimum atomic E-state index is -1.21. The predicted octanol–water partition coefficient (Wildman–Crippen LogP) is 5.90. The molecule has 0 aromatic heterocycles. The predicted molar refractivity (Wildman–Crippen MR) is 158 cm³/mol. The Morgan fingerprint density at radius 2 is 1.40 bits per heavy atom. The summed E-state index contributed by atoms with van der Waals surface area (Å²) in [5.41, 5.74) is 8.10. The number of methoxy groups -OCH3 is 2. The van der Waals surface area contributed by atoms with E-state index in [1.165, 1.54) is 22.3 Å². The molecule has 3 heterocycles. The number of amides is 1. The first-order valence-corrected chi connectivity index (χ1v) is 14.6. The summed E-state index contributed by atoms with van der Waals surface area (Å²) < 4.78 is 11.5. The number of carbonyl (C=O) groups is 1. The van der Waals surface area contributed by atoms with Crippen molar-refractivity contribution in [1.82, 2.24) is 4.90 Å². The number of carbonyl (C=O) groups excluding carboxylic acids is 1. The lowest BCUT2D eigenvalue weighted by molar-refractivity contribution is -0.157. The molecule has 0 saturated carbocycles. The highest BCUT2D eigenvalue weighted by atomic mass is 16.7. The van der Waals surface area contributed by atoms with Crippen molar-refractivity contribution in [3.63, 3.8) is 0 Å². The average molecular weight is 555 g/mol. The number of ether oxygens (including phenoxy) is 2. The van der Waals surface area contributed by atoms with Crippen molar-refractivity contribution in [2.45, 2.75) is 36.8 Å². The molecule has 4 aromatic rings. The second-order valence-corrected chi connectivity index (χ2v) is 12.2. The van der Waals surface area contributed by atoms with Crippen LogP contribution in [0.4, 0.5) is 0 Å². The van der Waals surface area contributed by atoms with Gasteiger partial charge in [0.05, 0.1) is 26.2 Å². The fraction of sp³-hybridized carbons (Fsp3) is 0.278. The number of benzene rings is 4. The average Bonchev–Trinajstić information content (AvgIpc) is 3.51. The number of oxime groups is 1. The third kappa shape index (κ3) is 2.51. The van der Waals surface area contributed by atoms with Gasteiger partial charge < -0.3 is 19.2 Å². The number of hydrogen-bond donors (Lipinski definition) is 0. The van der Waals surface area contributed by atoms with Gasteiger partial charge in [0, 0.05) is 18.0 Å². The van der Waals surface area contributed by atoms with E-state index in [4.69, 9.17) is 19.5 Å². The van der Waals surface area contributed by atoms with E-state index in [1.807, 2.05) is 0 Å². The molecule has 208 valence electrons. The number of aryl methyl sites for hydroxylation is 1. The fourth-order valence-electron chi connectivity index (χ4n) is 9.13. The molecule has 3 atom stereocenters. The van der Waals surface area contributed by atoms with Gasteiger partial charge in [0.25, 0.3) is 5.91 Å². The first-order valence-electron chi connectivity index (χ1n) is 14.6. The van der Waals surface area contributed by atoms with E-state index in [0.717, 1.165) is 34.4 Å². The van der Waals surface area contributed by atoms with Crippen LogP contribution in [0.25, 0.3) is 0 Å². The van der Waals surface area contributed by atoms with Gasteiger partial charge in [-0.3, -0.25) is 4.79 Å². The van der Waals surface area contributed by atoms with E-state index in [9.17, 15) is 0 Å². The molecule has 10 rings (SSSR count). The minimum Gasteiger partial charge on any atom is -0.493 e. The smallest absolute Gasteiger partial charge is 0.272 e. The lowest BCUT2D eigenvalue weighted by Crippen LogP contribution is -2.64. The number of nitrogens with zero attached hydrogens (tertiary/aromatic N) is 2. The van der Waals surface area contributed by atoms with Crippen LogP contribution in [0.15, 0.2) is 90.1 Å². The van der Waals surface area contributed by atoms with Gasteiger partial charge in [0.2, 0.25) is 5.60 Å². The molecule has 3 aliphatic carbocycles. The fourth-order valence-corrected chi connectivity index (χ4v) is 9.13. The third-order valence-corrected chi connectivity index (χ3v) is 10.6. The van der Waals surface area contributed by atoms with Gasteiger partial charge in [-0.25, -0.2) is 0 Å². The second-order valence-electron chi connectivity index (χ2n) is 12.2. The normalized spacial score (nSPS) is 28.9. The zero-order valence-corrected chi connectivity index (χ0v) is 23.8. The number of rotatable bonds is 3. The van der Waals surface area contributed by atoms with Crippen LogP contribution in [0.2, 0.25) is 0 Å². The largest absolute Gasteiger partial charge is 0.493 e. The van der Waals surface area contributed by atoms with E-state index >= 15 is 4.79 Å². The van der Waals surface area contributed by atoms with Crippen LogP contribution in [-0.2, 0) is 16.1 Å². The maximum absolute atomic E-state index is 15.2. The summed E-state index contributed by atoms with van der Waals surface area (Å²) in [4.78, 5) is 24.0. The van der Waals surface area contributed by atoms with Crippen LogP contribution in [0.3, 0.4) is 0 Å². The molecule has 0 spiro atoms. The summed E-state index contributed by atoms with van der Waals surface area (Å²) in [5.74, 6) is 0.958. The van der Waals surface area contributed by atoms with Gasteiger partial charge in [0.15, 0.2) is 11.5 Å². The molecule has 6 nitrogen and oxygen atoms in total. The van der Waals surface area contributed by atoms with Crippen LogP contribution in [0.5, 0.6) is 11.5 Å². The van der Waals surface area contributed by atoms with Crippen LogP contribution >= 0.6 is 0 Å². The molecule has 1 saturated heterocycles. The highest BCUT2D eigenvalue weighted by molar-refractivity contribution is 6.15. The van der Waals surface area contributed by atoms with Gasteiger partial charge in [-0.15, -0.1) is 0 Å². The Hall–Kier alpha value is -4.58. The quantitative estimate of drug-likeness (QED) is 0.316. The van der Waals surface area contributed by atoms with E-state index in [-0.39, 0.29) is 23.8 Å². The van der Waals surface area contributed by atoms with Crippen molar-refractivity contribution < 1.29 is 19.1 Å².